The number of hydrogen-bond donors (Lipinski definition) is 1. The number of aryl methyl sites for hydroxylation is 1. The molecule has 3 aliphatic rings. The Balaban J connectivity index is 0.00000120. The van der Waals surface area contributed by atoms with Crippen LogP contribution in [-0.4, -0.2) is 72.8 Å². The van der Waals surface area contributed by atoms with Gasteiger partial charge in [0.2, 0.25) is 5.91 Å². The summed E-state index contributed by atoms with van der Waals surface area (Å²) in [6, 6.07) is 2.15. The predicted octanol–water partition coefficient (Wildman–Crippen LogP) is 1.50. The molecule has 0 unspecified atom stereocenters. The number of methoxy groups -OCH3 is 1. The Labute approximate surface area is 189 Å². The van der Waals surface area contributed by atoms with Crippen molar-refractivity contribution in [3.8, 4) is 0 Å². The molecular weight excluding hydrogens is 426 g/mol. The maximum absolute atomic E-state index is 12.7. The fraction of sp³-hybridized carbons (Fsp3) is 0.632. The van der Waals surface area contributed by atoms with Crippen molar-refractivity contribution in [1.82, 2.24) is 20.2 Å². The second-order valence-corrected chi connectivity index (χ2v) is 9.20. The molecule has 3 aliphatic heterocycles. The molecule has 1 amide bonds. The third-order valence-electron chi connectivity index (χ3n) is 6.15. The predicted molar refractivity (Wildman–Crippen MR) is 126 cm³/mol. The monoisotopic (exact) mass is 455 g/mol. The van der Waals surface area contributed by atoms with Crippen LogP contribution in [0.4, 0.5) is 5.82 Å². The Kier molecular flexibility index (Phi) is 6.69. The second-order valence-electron chi connectivity index (χ2n) is 8.09. The van der Waals surface area contributed by atoms with Crippen LogP contribution >= 0.6 is 38.3 Å². The average molecular weight is 456 g/mol. The van der Waals surface area contributed by atoms with E-state index in [1.807, 2.05) is 4.90 Å². The summed E-state index contributed by atoms with van der Waals surface area (Å²) in [7, 11) is 1.71. The molecule has 5 rings (SSSR count). The van der Waals surface area contributed by atoms with E-state index in [0.717, 1.165) is 56.2 Å². The molecule has 10 heteroatoms. The van der Waals surface area contributed by atoms with Gasteiger partial charge in [0.05, 0.1) is 17.5 Å². The molecule has 0 radical (unpaired) electrons. The van der Waals surface area contributed by atoms with E-state index in [4.69, 9.17) is 4.74 Å². The van der Waals surface area contributed by atoms with Crippen molar-refractivity contribution in [3.05, 3.63) is 17.3 Å². The van der Waals surface area contributed by atoms with Crippen molar-refractivity contribution >= 4 is 60.3 Å². The normalized spacial score (nSPS) is 24.6. The lowest BCUT2D eigenvalue weighted by Gasteiger charge is -2.60. The molecule has 2 atom stereocenters. The topological polar surface area (TPSA) is 70.6 Å². The molecule has 160 valence electrons. The fourth-order valence-electron chi connectivity index (χ4n) is 4.64. The van der Waals surface area contributed by atoms with E-state index in [1.165, 1.54) is 10.3 Å². The molecular formula is C19H29N5O2S3. The highest BCUT2D eigenvalue weighted by atomic mass is 32.1. The molecule has 1 spiro atoms. The van der Waals surface area contributed by atoms with Crippen LogP contribution in [0.5, 0.6) is 0 Å². The Morgan fingerprint density at radius 2 is 2.07 bits per heavy atom. The zero-order valence-electron chi connectivity index (χ0n) is 16.8. The van der Waals surface area contributed by atoms with E-state index in [9.17, 15) is 4.79 Å². The summed E-state index contributed by atoms with van der Waals surface area (Å²) in [6.45, 7) is 6.60. The molecule has 3 fully saturated rings. The van der Waals surface area contributed by atoms with Gasteiger partial charge in [-0.3, -0.25) is 4.79 Å². The Hall–Kier alpha value is -1.07. The largest absolute Gasteiger partial charge is 0.380 e. The lowest BCUT2D eigenvalue weighted by Crippen LogP contribution is -2.74. The minimum Gasteiger partial charge on any atom is -0.380 e. The maximum atomic E-state index is 12.7. The number of likely N-dealkylation sites (tertiary alicyclic amines) is 1. The minimum atomic E-state index is -0.0803. The summed E-state index contributed by atoms with van der Waals surface area (Å²) < 4.78 is 5.35. The van der Waals surface area contributed by atoms with Gasteiger partial charge in [0.15, 0.2) is 0 Å². The summed E-state index contributed by atoms with van der Waals surface area (Å²) in [6.07, 6.45) is 3.64. The van der Waals surface area contributed by atoms with Gasteiger partial charge in [-0.15, -0.1) is 11.3 Å². The Morgan fingerprint density at radius 1 is 1.31 bits per heavy atom. The summed E-state index contributed by atoms with van der Waals surface area (Å²) in [5, 5.41) is 4.46. The summed E-state index contributed by atoms with van der Waals surface area (Å²) in [5.74, 6) is 1.28. The number of amides is 1. The van der Waals surface area contributed by atoms with E-state index < -0.39 is 0 Å². The molecule has 7 nitrogen and oxygen atoms in total. The number of thiophene rings is 1. The number of nitrogens with zero attached hydrogens (tertiary/aromatic N) is 4. The highest BCUT2D eigenvalue weighted by Crippen LogP contribution is 2.43. The van der Waals surface area contributed by atoms with Gasteiger partial charge in [-0.05, 0) is 18.9 Å². The van der Waals surface area contributed by atoms with Crippen LogP contribution < -0.4 is 10.2 Å². The quantitative estimate of drug-likeness (QED) is 0.754. The van der Waals surface area contributed by atoms with Gasteiger partial charge < -0.3 is 19.9 Å². The average Bonchev–Trinajstić information content (AvgIpc) is 3.25. The zero-order valence-corrected chi connectivity index (χ0v) is 19.6. The second kappa shape index (κ2) is 8.58. The van der Waals surface area contributed by atoms with E-state index in [2.05, 4.69) is 33.2 Å². The number of anilines is 1. The van der Waals surface area contributed by atoms with Gasteiger partial charge in [0.25, 0.3) is 0 Å². The van der Waals surface area contributed by atoms with Crippen molar-refractivity contribution in [2.45, 2.75) is 31.9 Å². The number of aromatic nitrogens is 2. The van der Waals surface area contributed by atoms with Crippen molar-refractivity contribution in [2.75, 3.05) is 44.7 Å². The lowest BCUT2D eigenvalue weighted by molar-refractivity contribution is -0.147. The highest BCUT2D eigenvalue weighted by Gasteiger charge is 2.54. The van der Waals surface area contributed by atoms with Crippen LogP contribution in [0.25, 0.3) is 10.2 Å². The molecule has 3 saturated heterocycles. The van der Waals surface area contributed by atoms with E-state index in [1.54, 1.807) is 24.8 Å². The van der Waals surface area contributed by atoms with Gasteiger partial charge in [-0.2, -0.15) is 27.0 Å². The number of nitrogens with one attached hydrogen (secondary N) is 1. The molecule has 1 N–H and O–H groups in total. The summed E-state index contributed by atoms with van der Waals surface area (Å²) in [5.41, 5.74) is 0.246. The Bertz CT molecular complexity index is 878. The molecule has 2 aromatic heterocycles. The number of fused-ring (bicyclic) bond motifs is 1. The molecule has 29 heavy (non-hydrogen) atoms. The van der Waals surface area contributed by atoms with Crippen LogP contribution in [0, 0.1) is 5.41 Å². The van der Waals surface area contributed by atoms with Crippen molar-refractivity contribution in [2.24, 2.45) is 5.41 Å². The van der Waals surface area contributed by atoms with Gasteiger partial charge in [0.1, 0.15) is 17.0 Å². The molecule has 5 heterocycles. The molecule has 0 aliphatic carbocycles. The lowest BCUT2D eigenvalue weighted by atomic mass is 9.72. The number of carbonyl (C=O) groups is 1. The molecule has 0 saturated carbocycles. The highest BCUT2D eigenvalue weighted by molar-refractivity contribution is 7.59. The minimum absolute atomic E-state index is 0. The van der Waals surface area contributed by atoms with Crippen molar-refractivity contribution in [3.63, 3.8) is 0 Å². The number of rotatable bonds is 4. The smallest absolute Gasteiger partial charge is 0.239 e. The Morgan fingerprint density at radius 3 is 2.72 bits per heavy atom. The van der Waals surface area contributed by atoms with Gasteiger partial charge in [0, 0.05) is 50.1 Å². The number of ether oxygens (including phenoxy) is 1. The van der Waals surface area contributed by atoms with E-state index in [0.29, 0.717) is 0 Å². The third kappa shape index (κ3) is 3.85. The first-order valence-corrected chi connectivity index (χ1v) is 10.5. The van der Waals surface area contributed by atoms with Gasteiger partial charge >= 0.3 is 0 Å². The number of carbonyl (C=O) groups excluding carboxylic acids is 1. The first kappa shape index (κ1) is 22.6. The SMILES string of the molecule is CCc1cc2c(N3CC4(CN(C(=O)[C@@H]5C[C@H](OC)CN5)C4)C3)ncnc2s1.S.S. The number of hydrogen-bond acceptors (Lipinski definition) is 7. The summed E-state index contributed by atoms with van der Waals surface area (Å²) >= 11 is 1.76. The first-order chi connectivity index (χ1) is 13.1. The van der Waals surface area contributed by atoms with Crippen molar-refractivity contribution in [1.29, 1.82) is 0 Å². The summed E-state index contributed by atoms with van der Waals surface area (Å²) in [4.78, 5) is 28.4. The molecule has 2 aromatic rings. The van der Waals surface area contributed by atoms with Crippen LogP contribution in [0.15, 0.2) is 12.4 Å². The maximum Gasteiger partial charge on any atom is 0.239 e. The van der Waals surface area contributed by atoms with Crippen LogP contribution in [0.3, 0.4) is 0 Å². The van der Waals surface area contributed by atoms with Crippen LogP contribution in [0.2, 0.25) is 0 Å². The van der Waals surface area contributed by atoms with Crippen LogP contribution in [-0.2, 0) is 16.0 Å². The molecule has 0 bridgehead atoms. The van der Waals surface area contributed by atoms with Crippen LogP contribution in [0.1, 0.15) is 18.2 Å². The fourth-order valence-corrected chi connectivity index (χ4v) is 5.57. The van der Waals surface area contributed by atoms with E-state index >= 15 is 0 Å². The standard InChI is InChI=1S/C19H25N5O2S.2H2S/c1-3-13-5-14-16(21-11-22-17(14)27-13)23-7-19(8-23)9-24(10-19)18(25)15-4-12(26-2)6-20-15;;/h5,11-12,15,20H,3-4,6-10H2,1-2H3;2*1H2/t12-,15-;;/m0../s1. The van der Waals surface area contributed by atoms with Crippen molar-refractivity contribution < 1.29 is 9.53 Å². The van der Waals surface area contributed by atoms with E-state index in [-0.39, 0.29) is 50.5 Å². The molecule has 0 aromatic carbocycles. The van der Waals surface area contributed by atoms with Gasteiger partial charge in [-0.25, -0.2) is 9.97 Å². The first-order valence-electron chi connectivity index (χ1n) is 9.64. The zero-order chi connectivity index (χ0) is 18.6. The third-order valence-corrected chi connectivity index (χ3v) is 7.33. The van der Waals surface area contributed by atoms with Gasteiger partial charge in [-0.1, -0.05) is 6.92 Å².